The van der Waals surface area contributed by atoms with Crippen molar-refractivity contribution < 1.29 is 4.42 Å². The van der Waals surface area contributed by atoms with E-state index in [9.17, 15) is 0 Å². The molecular weight excluding hydrogens is 312 g/mol. The lowest BCUT2D eigenvalue weighted by atomic mass is 10.2. The van der Waals surface area contributed by atoms with Crippen LogP contribution in [0.25, 0.3) is 0 Å². The van der Waals surface area contributed by atoms with Gasteiger partial charge in [-0.25, -0.2) is 0 Å². The first kappa shape index (κ1) is 13.8. The Morgan fingerprint density at radius 3 is 2.89 bits per heavy atom. The van der Waals surface area contributed by atoms with Gasteiger partial charge in [0.05, 0.1) is 18.8 Å². The van der Waals surface area contributed by atoms with Crippen LogP contribution >= 0.6 is 27.3 Å². The summed E-state index contributed by atoms with van der Waals surface area (Å²) in [6.07, 6.45) is 1.71. The Kier molecular flexibility index (Phi) is 5.00. The minimum atomic E-state index is 0.247. The predicted molar refractivity (Wildman–Crippen MR) is 78.6 cm³/mol. The maximum absolute atomic E-state index is 5.94. The van der Waals surface area contributed by atoms with Crippen molar-refractivity contribution >= 4 is 27.3 Å². The molecule has 18 heavy (non-hydrogen) atoms. The van der Waals surface area contributed by atoms with E-state index in [2.05, 4.69) is 39.2 Å². The summed E-state index contributed by atoms with van der Waals surface area (Å²) in [6, 6.07) is 6.31. The van der Waals surface area contributed by atoms with Gasteiger partial charge >= 0.3 is 0 Å². The Labute approximate surface area is 120 Å². The number of hydrogen-bond acceptors (Lipinski definition) is 4. The molecule has 98 valence electrons. The van der Waals surface area contributed by atoms with Crippen molar-refractivity contribution in [2.24, 2.45) is 5.73 Å². The van der Waals surface area contributed by atoms with Gasteiger partial charge < -0.3 is 10.2 Å². The lowest BCUT2D eigenvalue weighted by molar-refractivity contribution is 0.190. The second-order valence-corrected chi connectivity index (χ2v) is 5.92. The van der Waals surface area contributed by atoms with Crippen molar-refractivity contribution in [1.82, 2.24) is 4.90 Å². The fourth-order valence-corrected chi connectivity index (χ4v) is 3.59. The van der Waals surface area contributed by atoms with E-state index in [0.717, 1.165) is 23.3 Å². The molecule has 0 saturated heterocycles. The highest BCUT2D eigenvalue weighted by atomic mass is 79.9. The smallest absolute Gasteiger partial charge is 0.117 e. The lowest BCUT2D eigenvalue weighted by Gasteiger charge is -2.28. The van der Waals surface area contributed by atoms with Crippen molar-refractivity contribution in [3.8, 4) is 0 Å². The first-order valence-corrected chi connectivity index (χ1v) is 7.62. The quantitative estimate of drug-likeness (QED) is 0.880. The van der Waals surface area contributed by atoms with Crippen LogP contribution in [0.1, 0.15) is 23.6 Å². The Hall–Kier alpha value is -0.620. The third-order valence-electron chi connectivity index (χ3n) is 2.93. The molecular formula is C13H17BrN2OS. The van der Waals surface area contributed by atoms with Crippen LogP contribution in [0, 0.1) is 0 Å². The maximum Gasteiger partial charge on any atom is 0.117 e. The number of halogens is 1. The Bertz CT molecular complexity index is 469. The van der Waals surface area contributed by atoms with E-state index in [4.69, 9.17) is 10.2 Å². The zero-order valence-electron chi connectivity index (χ0n) is 10.3. The molecule has 5 heteroatoms. The third-order valence-corrected chi connectivity index (χ3v) is 4.72. The molecule has 0 aromatic carbocycles. The van der Waals surface area contributed by atoms with Gasteiger partial charge in [-0.15, -0.1) is 11.3 Å². The molecule has 2 N–H and O–H groups in total. The zero-order chi connectivity index (χ0) is 13.0. The molecule has 0 bridgehead atoms. The fraction of sp³-hybridized carbons (Fsp3) is 0.385. The van der Waals surface area contributed by atoms with Crippen molar-refractivity contribution in [3.63, 3.8) is 0 Å². The van der Waals surface area contributed by atoms with Gasteiger partial charge in [-0.1, -0.05) is 6.92 Å². The van der Waals surface area contributed by atoms with Crippen molar-refractivity contribution in [1.29, 1.82) is 0 Å². The van der Waals surface area contributed by atoms with Gasteiger partial charge in [-0.3, -0.25) is 4.90 Å². The first-order chi connectivity index (χ1) is 8.74. The standard InChI is InChI=1S/C13H17BrN2OS/c1-2-16(8-11-4-3-5-17-11)12(7-15)13-6-10(14)9-18-13/h3-6,9,12H,2,7-8,15H2,1H3. The molecule has 2 aromatic heterocycles. The molecule has 0 aliphatic carbocycles. The van der Waals surface area contributed by atoms with Crippen LogP contribution < -0.4 is 5.73 Å². The average molecular weight is 329 g/mol. The molecule has 0 spiro atoms. The summed E-state index contributed by atoms with van der Waals surface area (Å²) < 4.78 is 6.53. The fourth-order valence-electron chi connectivity index (χ4n) is 1.99. The second-order valence-electron chi connectivity index (χ2n) is 4.06. The topological polar surface area (TPSA) is 42.4 Å². The number of nitrogens with two attached hydrogens (primary N) is 1. The molecule has 2 rings (SSSR count). The second kappa shape index (κ2) is 6.52. The van der Waals surface area contributed by atoms with Gasteiger partial charge in [-0.05, 0) is 40.7 Å². The number of thiophene rings is 1. The van der Waals surface area contributed by atoms with Crippen LogP contribution in [-0.2, 0) is 6.54 Å². The molecule has 1 atom stereocenters. The van der Waals surface area contributed by atoms with E-state index in [1.54, 1.807) is 17.6 Å². The highest BCUT2D eigenvalue weighted by Crippen LogP contribution is 2.29. The summed E-state index contributed by atoms with van der Waals surface area (Å²) in [4.78, 5) is 3.62. The first-order valence-electron chi connectivity index (χ1n) is 5.95. The van der Waals surface area contributed by atoms with Gasteiger partial charge in [-0.2, -0.15) is 0 Å². The third kappa shape index (κ3) is 3.23. The Morgan fingerprint density at radius 2 is 2.39 bits per heavy atom. The largest absolute Gasteiger partial charge is 0.468 e. The van der Waals surface area contributed by atoms with E-state index in [0.29, 0.717) is 6.54 Å². The van der Waals surface area contributed by atoms with E-state index in [1.165, 1.54) is 4.88 Å². The molecule has 2 heterocycles. The van der Waals surface area contributed by atoms with Gasteiger partial charge in [0.1, 0.15) is 5.76 Å². The van der Waals surface area contributed by atoms with Crippen LogP contribution in [0.3, 0.4) is 0 Å². The molecule has 2 aromatic rings. The zero-order valence-corrected chi connectivity index (χ0v) is 12.7. The minimum Gasteiger partial charge on any atom is -0.468 e. The summed E-state index contributed by atoms with van der Waals surface area (Å²) in [5.41, 5.74) is 5.94. The predicted octanol–water partition coefficient (Wildman–Crippen LogP) is 3.63. The van der Waals surface area contributed by atoms with Gasteiger partial charge in [0.2, 0.25) is 0 Å². The van der Waals surface area contributed by atoms with E-state index < -0.39 is 0 Å². The van der Waals surface area contributed by atoms with Crippen LogP contribution in [0.15, 0.2) is 38.7 Å². The monoisotopic (exact) mass is 328 g/mol. The molecule has 0 radical (unpaired) electrons. The van der Waals surface area contributed by atoms with Gasteiger partial charge in [0.25, 0.3) is 0 Å². The van der Waals surface area contributed by atoms with E-state index in [-0.39, 0.29) is 6.04 Å². The lowest BCUT2D eigenvalue weighted by Crippen LogP contribution is -2.32. The summed E-state index contributed by atoms with van der Waals surface area (Å²) in [5.74, 6) is 0.978. The normalized spacial score (nSPS) is 13.1. The van der Waals surface area contributed by atoms with Crippen LogP contribution in [0.5, 0.6) is 0 Å². The highest BCUT2D eigenvalue weighted by molar-refractivity contribution is 9.10. The molecule has 0 aliphatic heterocycles. The van der Waals surface area contributed by atoms with Crippen molar-refractivity contribution in [2.45, 2.75) is 19.5 Å². The van der Waals surface area contributed by atoms with E-state index >= 15 is 0 Å². The molecule has 0 aliphatic rings. The van der Waals surface area contributed by atoms with Gasteiger partial charge in [0, 0.05) is 21.3 Å². The summed E-state index contributed by atoms with van der Waals surface area (Å²) in [6.45, 7) is 4.49. The summed E-state index contributed by atoms with van der Waals surface area (Å²) >= 11 is 5.23. The number of nitrogens with zero attached hydrogens (tertiary/aromatic N) is 1. The highest BCUT2D eigenvalue weighted by Gasteiger charge is 2.20. The van der Waals surface area contributed by atoms with Crippen LogP contribution in [0.2, 0.25) is 0 Å². The van der Waals surface area contributed by atoms with Crippen molar-refractivity contribution in [3.05, 3.63) is 45.0 Å². The molecule has 1 unspecified atom stereocenters. The SMILES string of the molecule is CCN(Cc1ccco1)C(CN)c1cc(Br)cs1. The number of furan rings is 1. The summed E-state index contributed by atoms with van der Waals surface area (Å²) in [5, 5.41) is 2.10. The molecule has 3 nitrogen and oxygen atoms in total. The maximum atomic E-state index is 5.94. The van der Waals surface area contributed by atoms with Crippen LogP contribution in [-0.4, -0.2) is 18.0 Å². The number of rotatable bonds is 6. The summed E-state index contributed by atoms with van der Waals surface area (Å²) in [7, 11) is 0. The number of likely N-dealkylation sites (N-methyl/N-ethyl adjacent to an activating group) is 1. The number of hydrogen-bond donors (Lipinski definition) is 1. The van der Waals surface area contributed by atoms with E-state index in [1.807, 2.05) is 12.1 Å². The minimum absolute atomic E-state index is 0.247. The van der Waals surface area contributed by atoms with Crippen molar-refractivity contribution in [2.75, 3.05) is 13.1 Å². The molecule has 0 amide bonds. The molecule has 0 saturated carbocycles. The van der Waals surface area contributed by atoms with Crippen LogP contribution in [0.4, 0.5) is 0 Å². The van der Waals surface area contributed by atoms with Gasteiger partial charge in [0.15, 0.2) is 0 Å². The Balaban J connectivity index is 2.13. The average Bonchev–Trinajstić information content (AvgIpc) is 3.01. The molecule has 0 fully saturated rings. The Morgan fingerprint density at radius 1 is 1.56 bits per heavy atom.